The van der Waals surface area contributed by atoms with Crippen molar-refractivity contribution >= 4 is 23.9 Å². The Kier molecular flexibility index (Phi) is 9.60. The molecule has 0 bridgehead atoms. The van der Waals surface area contributed by atoms with E-state index in [0.29, 0.717) is 32.6 Å². The number of carbonyl (C=O) groups excluding carboxylic acids is 4. The number of urea groups is 2. The van der Waals surface area contributed by atoms with Gasteiger partial charge in [0.05, 0.1) is 0 Å². The van der Waals surface area contributed by atoms with Gasteiger partial charge in [0.15, 0.2) is 0 Å². The summed E-state index contributed by atoms with van der Waals surface area (Å²) in [5.41, 5.74) is 0. The molecule has 0 aromatic rings. The van der Waals surface area contributed by atoms with E-state index in [1.807, 2.05) is 13.8 Å². The number of amides is 6. The lowest BCUT2D eigenvalue weighted by molar-refractivity contribution is -0.149. The van der Waals surface area contributed by atoms with E-state index in [2.05, 4.69) is 10.6 Å². The maximum atomic E-state index is 11.7. The summed E-state index contributed by atoms with van der Waals surface area (Å²) in [7, 11) is 0. The van der Waals surface area contributed by atoms with Crippen molar-refractivity contribution in [3.05, 3.63) is 0 Å². The maximum Gasteiger partial charge on any atom is 0.333 e. The average Bonchev–Trinajstić information content (AvgIpc) is 2.50. The van der Waals surface area contributed by atoms with Crippen LogP contribution < -0.4 is 10.6 Å². The Morgan fingerprint density at radius 3 is 1.52 bits per heavy atom. The third-order valence-corrected chi connectivity index (χ3v) is 3.31. The first-order valence-electron chi connectivity index (χ1n) is 8.07. The summed E-state index contributed by atoms with van der Waals surface area (Å²) in [6.45, 7) is 11.0. The summed E-state index contributed by atoms with van der Waals surface area (Å²) in [4.78, 5) is 47.8. The van der Waals surface area contributed by atoms with E-state index < -0.39 is 11.9 Å². The monoisotopic (exact) mass is 328 g/mol. The average molecular weight is 328 g/mol. The predicted octanol–water partition coefficient (Wildman–Crippen LogP) is 1.17. The van der Waals surface area contributed by atoms with E-state index in [4.69, 9.17) is 0 Å². The van der Waals surface area contributed by atoms with E-state index in [1.54, 1.807) is 20.8 Å². The lowest BCUT2D eigenvalue weighted by Crippen LogP contribution is -2.59. The quantitative estimate of drug-likeness (QED) is 0.740. The summed E-state index contributed by atoms with van der Waals surface area (Å²) >= 11 is 0. The molecule has 1 aliphatic rings. The molecule has 23 heavy (non-hydrogen) atoms. The Hall–Kier alpha value is -2.12. The minimum absolute atomic E-state index is 0.0880. The fourth-order valence-electron chi connectivity index (χ4n) is 2.13. The molecule has 2 N–H and O–H groups in total. The van der Waals surface area contributed by atoms with Gasteiger partial charge in [-0.1, -0.05) is 6.92 Å². The van der Waals surface area contributed by atoms with Gasteiger partial charge in [-0.2, -0.15) is 0 Å². The van der Waals surface area contributed by atoms with Crippen LogP contribution in [0.25, 0.3) is 0 Å². The molecule has 8 heteroatoms. The van der Waals surface area contributed by atoms with Crippen LogP contribution in [0.4, 0.5) is 9.59 Å². The Bertz CT molecular complexity index is 366. The zero-order valence-electron chi connectivity index (χ0n) is 14.6. The third kappa shape index (κ3) is 5.54. The SMILES string of the molecule is CCC1C(=O)N(CC)C(=O)N(CC)C1=O.CCNC(=O)NCC. The molecule has 1 fully saturated rings. The fourth-order valence-corrected chi connectivity index (χ4v) is 2.13. The van der Waals surface area contributed by atoms with E-state index in [0.717, 1.165) is 9.80 Å². The Balaban J connectivity index is 0.000000515. The molecule has 0 unspecified atom stereocenters. The molecule has 0 radical (unpaired) electrons. The van der Waals surface area contributed by atoms with Gasteiger partial charge in [0.2, 0.25) is 11.8 Å². The molecule has 0 aliphatic carbocycles. The maximum absolute atomic E-state index is 11.7. The molecule has 0 spiro atoms. The minimum Gasteiger partial charge on any atom is -0.338 e. The number of barbiturate groups is 1. The molecule has 132 valence electrons. The molecule has 0 saturated carbocycles. The predicted molar refractivity (Wildman–Crippen MR) is 86.7 cm³/mol. The number of rotatable bonds is 5. The van der Waals surface area contributed by atoms with Gasteiger partial charge in [-0.15, -0.1) is 0 Å². The second-order valence-corrected chi connectivity index (χ2v) is 4.80. The van der Waals surface area contributed by atoms with Crippen LogP contribution >= 0.6 is 0 Å². The Morgan fingerprint density at radius 1 is 0.870 bits per heavy atom. The van der Waals surface area contributed by atoms with E-state index >= 15 is 0 Å². The standard InChI is InChI=1S/C10H16N2O3.C5H12N2O/c1-4-7-8(13)11(5-2)10(15)12(6-3)9(7)14;1-3-6-5(8)7-4-2/h7H,4-6H2,1-3H3;3-4H2,1-2H3,(H2,6,7,8). The van der Waals surface area contributed by atoms with Crippen LogP contribution in [-0.4, -0.2) is 59.9 Å². The number of nitrogens with one attached hydrogen (secondary N) is 2. The molecule has 0 aromatic carbocycles. The van der Waals surface area contributed by atoms with E-state index in [9.17, 15) is 19.2 Å². The molecular formula is C15H28N4O4. The molecule has 0 atom stereocenters. The van der Waals surface area contributed by atoms with Gasteiger partial charge >= 0.3 is 12.1 Å². The van der Waals surface area contributed by atoms with Crippen molar-refractivity contribution in [2.24, 2.45) is 5.92 Å². The van der Waals surface area contributed by atoms with E-state index in [-0.39, 0.29) is 17.8 Å². The van der Waals surface area contributed by atoms with Crippen LogP contribution in [0.3, 0.4) is 0 Å². The second-order valence-electron chi connectivity index (χ2n) is 4.80. The zero-order valence-corrected chi connectivity index (χ0v) is 14.6. The molecule has 1 saturated heterocycles. The lowest BCUT2D eigenvalue weighted by Gasteiger charge is -2.35. The van der Waals surface area contributed by atoms with E-state index in [1.165, 1.54) is 0 Å². The van der Waals surface area contributed by atoms with Gasteiger partial charge in [-0.25, -0.2) is 9.59 Å². The van der Waals surface area contributed by atoms with Crippen molar-refractivity contribution in [2.75, 3.05) is 26.2 Å². The highest BCUT2D eigenvalue weighted by Crippen LogP contribution is 2.19. The van der Waals surface area contributed by atoms with Crippen molar-refractivity contribution in [3.63, 3.8) is 0 Å². The van der Waals surface area contributed by atoms with Gasteiger partial charge in [-0.3, -0.25) is 19.4 Å². The van der Waals surface area contributed by atoms with Crippen LogP contribution in [-0.2, 0) is 9.59 Å². The van der Waals surface area contributed by atoms with Gasteiger partial charge in [-0.05, 0) is 34.1 Å². The molecule has 1 heterocycles. The molecule has 1 rings (SSSR count). The van der Waals surface area contributed by atoms with Crippen molar-refractivity contribution in [3.8, 4) is 0 Å². The molecule has 0 aromatic heterocycles. The number of imide groups is 2. The number of carbonyl (C=O) groups is 4. The third-order valence-electron chi connectivity index (χ3n) is 3.31. The topological polar surface area (TPSA) is 98.8 Å². The summed E-state index contributed by atoms with van der Waals surface area (Å²) in [5.74, 6) is -1.40. The van der Waals surface area contributed by atoms with Crippen LogP contribution in [0, 0.1) is 5.92 Å². The van der Waals surface area contributed by atoms with Crippen LogP contribution in [0.15, 0.2) is 0 Å². The lowest BCUT2D eigenvalue weighted by atomic mass is 10.0. The summed E-state index contributed by atoms with van der Waals surface area (Å²) in [6, 6.07) is -0.574. The van der Waals surface area contributed by atoms with Crippen LogP contribution in [0.2, 0.25) is 0 Å². The van der Waals surface area contributed by atoms with Crippen molar-refractivity contribution in [1.29, 1.82) is 0 Å². The second kappa shape index (κ2) is 10.6. The molecule has 1 aliphatic heterocycles. The molecule has 8 nitrogen and oxygen atoms in total. The number of nitrogens with zero attached hydrogens (tertiary/aromatic N) is 2. The zero-order chi connectivity index (χ0) is 18.0. The van der Waals surface area contributed by atoms with Gasteiger partial charge in [0.1, 0.15) is 5.92 Å². The van der Waals surface area contributed by atoms with Gasteiger partial charge in [0.25, 0.3) is 0 Å². The van der Waals surface area contributed by atoms with Crippen molar-refractivity contribution in [2.45, 2.75) is 41.0 Å². The summed E-state index contributed by atoms with van der Waals surface area (Å²) < 4.78 is 0. The van der Waals surface area contributed by atoms with Crippen LogP contribution in [0.5, 0.6) is 0 Å². The summed E-state index contributed by atoms with van der Waals surface area (Å²) in [6.07, 6.45) is 0.442. The molecule has 6 amide bonds. The first kappa shape index (κ1) is 20.9. The van der Waals surface area contributed by atoms with Crippen LogP contribution in [0.1, 0.15) is 41.0 Å². The highest BCUT2D eigenvalue weighted by molar-refractivity contribution is 6.15. The molecular weight excluding hydrogens is 300 g/mol. The highest BCUT2D eigenvalue weighted by Gasteiger charge is 2.43. The fraction of sp³-hybridized carbons (Fsp3) is 0.733. The minimum atomic E-state index is -0.678. The van der Waals surface area contributed by atoms with Gasteiger partial charge in [0, 0.05) is 26.2 Å². The highest BCUT2D eigenvalue weighted by atomic mass is 16.2. The largest absolute Gasteiger partial charge is 0.338 e. The Labute approximate surface area is 137 Å². The number of hydrogen-bond acceptors (Lipinski definition) is 4. The Morgan fingerprint density at radius 2 is 1.26 bits per heavy atom. The normalized spacial score (nSPS) is 15.3. The summed E-state index contributed by atoms with van der Waals surface area (Å²) in [5, 5.41) is 5.19. The van der Waals surface area contributed by atoms with Crippen molar-refractivity contribution < 1.29 is 19.2 Å². The number of hydrogen-bond donors (Lipinski definition) is 2. The van der Waals surface area contributed by atoms with Crippen molar-refractivity contribution in [1.82, 2.24) is 20.4 Å². The van der Waals surface area contributed by atoms with Gasteiger partial charge < -0.3 is 10.6 Å². The first-order chi connectivity index (χ1) is 10.9. The first-order valence-corrected chi connectivity index (χ1v) is 8.07. The smallest absolute Gasteiger partial charge is 0.333 e.